The highest BCUT2D eigenvalue weighted by Crippen LogP contribution is 2.48. The topological polar surface area (TPSA) is 9.86 Å². The zero-order valence-corrected chi connectivity index (χ0v) is 36.4. The minimum Gasteiger partial charge on any atom is -0.375 e. The van der Waals surface area contributed by atoms with Gasteiger partial charge in [0.05, 0.1) is 11.0 Å². The van der Waals surface area contributed by atoms with Gasteiger partial charge >= 0.3 is 6.85 Å². The molecule has 0 spiro atoms. The van der Waals surface area contributed by atoms with Gasteiger partial charge in [-0.15, -0.1) is 0 Å². The molecular formula is C58H49BN2. The standard InChI is InChI=1S/C58H49BN2/c1-34-17-12-14-21-41(34)37-25-26-51-45(27-37)47-29-38(42-22-15-13-18-35(42)2)28-46-43-23-16-24-52-53(43)59(61(51)55(46)47)50-33-40(58(6,7)8)32-49-48-31-39(57(3,4)5)30-44(36-19-10-9-11-20-36)54(48)60(52)56(49)50/h9-33H,1-8H3. The molecule has 294 valence electrons. The second-order valence-corrected chi connectivity index (χ2v) is 19.9. The summed E-state index contributed by atoms with van der Waals surface area (Å²) in [4.78, 5) is 0. The molecule has 0 saturated heterocycles. The lowest BCUT2D eigenvalue weighted by Crippen LogP contribution is -2.55. The second-order valence-electron chi connectivity index (χ2n) is 19.9. The van der Waals surface area contributed by atoms with Gasteiger partial charge in [-0.05, 0) is 140 Å². The van der Waals surface area contributed by atoms with Gasteiger partial charge in [0.15, 0.2) is 0 Å². The number of hydrogen-bond donors (Lipinski definition) is 0. The van der Waals surface area contributed by atoms with Crippen LogP contribution in [0, 0.1) is 13.8 Å². The highest BCUT2D eigenvalue weighted by atomic mass is 15.0. The number of hydrogen-bond acceptors (Lipinski definition) is 0. The lowest BCUT2D eigenvalue weighted by Gasteiger charge is -2.35. The lowest BCUT2D eigenvalue weighted by molar-refractivity contribution is 0.591. The van der Waals surface area contributed by atoms with Gasteiger partial charge in [-0.2, -0.15) is 0 Å². The average molecular weight is 785 g/mol. The van der Waals surface area contributed by atoms with Gasteiger partial charge in [0.2, 0.25) is 0 Å². The fraction of sp³-hybridized carbons (Fsp3) is 0.172. The van der Waals surface area contributed by atoms with Gasteiger partial charge < -0.3 is 9.05 Å². The molecule has 2 nitrogen and oxygen atoms in total. The van der Waals surface area contributed by atoms with Crippen LogP contribution in [0.1, 0.15) is 63.8 Å². The molecule has 12 rings (SSSR count). The zero-order chi connectivity index (χ0) is 41.7. The molecule has 2 aliphatic rings. The summed E-state index contributed by atoms with van der Waals surface area (Å²) in [6, 6.07) is 58.2. The molecule has 2 aliphatic heterocycles. The molecule has 10 aromatic rings. The summed E-state index contributed by atoms with van der Waals surface area (Å²) in [6.45, 7) is 18.6. The van der Waals surface area contributed by atoms with Crippen LogP contribution < -0.4 is 10.9 Å². The lowest BCUT2D eigenvalue weighted by atomic mass is 9.45. The molecule has 0 fully saturated rings. The van der Waals surface area contributed by atoms with Gasteiger partial charge in [0.1, 0.15) is 0 Å². The van der Waals surface area contributed by atoms with Crippen molar-refractivity contribution in [1.82, 2.24) is 9.05 Å². The van der Waals surface area contributed by atoms with Gasteiger partial charge in [-0.25, -0.2) is 0 Å². The molecule has 0 amide bonds. The Morgan fingerprint density at radius 2 is 1.00 bits per heavy atom. The Bertz CT molecular complexity index is 3510. The van der Waals surface area contributed by atoms with Crippen LogP contribution in [0.2, 0.25) is 0 Å². The maximum atomic E-state index is 2.73. The smallest absolute Gasteiger partial charge is 0.333 e. The van der Waals surface area contributed by atoms with Gasteiger partial charge in [0.25, 0.3) is 0 Å². The molecular weight excluding hydrogens is 735 g/mol. The fourth-order valence-corrected chi connectivity index (χ4v) is 10.9. The van der Waals surface area contributed by atoms with Crippen molar-refractivity contribution in [3.63, 3.8) is 0 Å². The van der Waals surface area contributed by atoms with E-state index in [2.05, 4.69) is 216 Å². The Morgan fingerprint density at radius 1 is 0.410 bits per heavy atom. The van der Waals surface area contributed by atoms with Crippen molar-refractivity contribution in [3.05, 3.63) is 174 Å². The van der Waals surface area contributed by atoms with E-state index in [0.29, 0.717) is 0 Å². The molecule has 0 aliphatic carbocycles. The number of fused-ring (bicyclic) bond motifs is 10. The number of rotatable bonds is 3. The van der Waals surface area contributed by atoms with E-state index in [1.807, 2.05) is 0 Å². The largest absolute Gasteiger partial charge is 0.375 e. The quantitative estimate of drug-likeness (QED) is 0.158. The van der Waals surface area contributed by atoms with Crippen LogP contribution in [0.15, 0.2) is 152 Å². The molecule has 4 heterocycles. The number of aromatic nitrogens is 2. The predicted octanol–water partition coefficient (Wildman–Crippen LogP) is 14.1. The first kappa shape index (κ1) is 36.3. The van der Waals surface area contributed by atoms with E-state index in [9.17, 15) is 0 Å². The molecule has 2 aromatic heterocycles. The van der Waals surface area contributed by atoms with E-state index >= 15 is 0 Å². The van der Waals surface area contributed by atoms with Crippen molar-refractivity contribution in [2.75, 3.05) is 0 Å². The Labute approximate surface area is 359 Å². The van der Waals surface area contributed by atoms with Crippen LogP contribution in [0.4, 0.5) is 0 Å². The van der Waals surface area contributed by atoms with Crippen molar-refractivity contribution >= 4 is 61.4 Å². The SMILES string of the molecule is Cc1ccccc1-c1ccc2c(c1)c1cc(-c3ccccc3C)cc3c1n2B1c2c-3cccc2-n2c3c1cc(C(C)(C)C)cc3c1cc(C(C)(C)C)cc(-c3ccccc3)c12. The third kappa shape index (κ3) is 5.10. The highest BCUT2D eigenvalue weighted by Gasteiger charge is 2.42. The van der Waals surface area contributed by atoms with E-state index in [0.717, 1.165) is 0 Å². The van der Waals surface area contributed by atoms with Crippen LogP contribution in [0.5, 0.6) is 0 Å². The summed E-state index contributed by atoms with van der Waals surface area (Å²) in [7, 11) is 0. The van der Waals surface area contributed by atoms with Crippen molar-refractivity contribution in [1.29, 1.82) is 0 Å². The third-order valence-corrected chi connectivity index (χ3v) is 14.1. The normalized spacial score (nSPS) is 13.2. The van der Waals surface area contributed by atoms with E-state index in [1.54, 1.807) is 0 Å². The maximum Gasteiger partial charge on any atom is 0.333 e. The number of nitrogens with zero attached hydrogens (tertiary/aromatic N) is 2. The van der Waals surface area contributed by atoms with Gasteiger partial charge in [0, 0.05) is 49.4 Å². The van der Waals surface area contributed by atoms with Crippen molar-refractivity contribution < 1.29 is 0 Å². The molecule has 0 saturated carbocycles. The summed E-state index contributed by atoms with van der Waals surface area (Å²) in [5, 5.41) is 5.28. The summed E-state index contributed by atoms with van der Waals surface area (Å²) < 4.78 is 5.39. The molecule has 0 N–H and O–H groups in total. The van der Waals surface area contributed by atoms with Crippen molar-refractivity contribution in [3.8, 4) is 50.2 Å². The minimum absolute atomic E-state index is 0.0174. The Morgan fingerprint density at radius 3 is 1.69 bits per heavy atom. The van der Waals surface area contributed by atoms with Gasteiger partial charge in [-0.1, -0.05) is 145 Å². The molecule has 8 aromatic carbocycles. The Balaban J connectivity index is 1.28. The first-order valence-electron chi connectivity index (χ1n) is 22.0. The molecule has 0 bridgehead atoms. The summed E-state index contributed by atoms with van der Waals surface area (Å²) in [6.07, 6.45) is 0. The maximum absolute atomic E-state index is 2.73. The average Bonchev–Trinajstić information content (AvgIpc) is 3.76. The fourth-order valence-electron chi connectivity index (χ4n) is 10.9. The molecule has 0 atom stereocenters. The predicted molar refractivity (Wildman–Crippen MR) is 263 cm³/mol. The van der Waals surface area contributed by atoms with Crippen LogP contribution in [-0.4, -0.2) is 15.9 Å². The van der Waals surface area contributed by atoms with Crippen molar-refractivity contribution in [2.45, 2.75) is 66.2 Å². The first-order chi connectivity index (χ1) is 29.4. The Hall–Kier alpha value is -6.58. The van der Waals surface area contributed by atoms with Crippen molar-refractivity contribution in [2.24, 2.45) is 0 Å². The van der Waals surface area contributed by atoms with Crippen LogP contribution >= 0.6 is 0 Å². The highest BCUT2D eigenvalue weighted by molar-refractivity contribution is 6.90. The first-order valence-corrected chi connectivity index (χ1v) is 22.0. The van der Waals surface area contributed by atoms with E-state index in [4.69, 9.17) is 0 Å². The second kappa shape index (κ2) is 12.5. The van der Waals surface area contributed by atoms with E-state index in [1.165, 1.54) is 127 Å². The summed E-state index contributed by atoms with van der Waals surface area (Å²) in [5.74, 6) is 0. The molecule has 0 unspecified atom stereocenters. The zero-order valence-electron chi connectivity index (χ0n) is 36.4. The minimum atomic E-state index is -0.0612. The number of benzene rings is 8. The summed E-state index contributed by atoms with van der Waals surface area (Å²) >= 11 is 0. The van der Waals surface area contributed by atoms with E-state index in [-0.39, 0.29) is 17.7 Å². The number of aryl methyl sites for hydroxylation is 2. The Kier molecular flexibility index (Phi) is 7.43. The van der Waals surface area contributed by atoms with Crippen LogP contribution in [0.3, 0.4) is 0 Å². The molecule has 3 heteroatoms. The van der Waals surface area contributed by atoms with Crippen LogP contribution in [-0.2, 0) is 10.8 Å². The molecule has 0 radical (unpaired) electrons. The monoisotopic (exact) mass is 784 g/mol. The van der Waals surface area contributed by atoms with E-state index < -0.39 is 0 Å². The third-order valence-electron chi connectivity index (χ3n) is 14.1. The van der Waals surface area contributed by atoms with Crippen LogP contribution in [0.25, 0.3) is 93.8 Å². The summed E-state index contributed by atoms with van der Waals surface area (Å²) in [5.41, 5.74) is 24.7. The molecule has 61 heavy (non-hydrogen) atoms. The van der Waals surface area contributed by atoms with Gasteiger partial charge in [-0.3, -0.25) is 0 Å².